The average molecular weight is 226 g/mol. The molecule has 0 aromatic heterocycles. The molecular weight excluding hydrogens is 214 g/mol. The van der Waals surface area contributed by atoms with Crippen molar-refractivity contribution < 1.29 is 9.53 Å². The number of hydrogen-bond donors (Lipinski definition) is 1. The van der Waals surface area contributed by atoms with E-state index in [4.69, 9.17) is 16.3 Å². The number of halogens is 1. The Balaban J connectivity index is 2.22. The highest BCUT2D eigenvalue weighted by molar-refractivity contribution is 6.30. The van der Waals surface area contributed by atoms with Crippen LogP contribution in [0.25, 0.3) is 0 Å². The number of carbonyl (C=O) groups is 1. The molecule has 1 aliphatic heterocycles. The van der Waals surface area contributed by atoms with Crippen molar-refractivity contribution in [3.8, 4) is 0 Å². The molecule has 1 aromatic carbocycles. The summed E-state index contributed by atoms with van der Waals surface area (Å²) in [5.41, 5.74) is 0.574. The van der Waals surface area contributed by atoms with Gasteiger partial charge >= 0.3 is 0 Å². The molecule has 1 N–H and O–H groups in total. The van der Waals surface area contributed by atoms with E-state index in [0.29, 0.717) is 11.6 Å². The first-order valence-corrected chi connectivity index (χ1v) is 5.15. The maximum absolute atomic E-state index is 11.0. The number of ether oxygens (including phenoxy) is 1. The highest BCUT2D eigenvalue weighted by Gasteiger charge is 2.32. The maximum atomic E-state index is 11.0. The molecule has 1 heterocycles. The molecule has 1 atom stereocenters. The molecule has 80 valence electrons. The lowest BCUT2D eigenvalue weighted by atomic mass is 9.95. The molecule has 0 saturated carbocycles. The second-order valence-corrected chi connectivity index (χ2v) is 4.24. The summed E-state index contributed by atoms with van der Waals surface area (Å²) in [5, 5.41) is 3.49. The number of nitrogens with one attached hydrogen (secondary N) is 1. The standard InChI is InChI=1S/C11H12ClNO2/c1-11(7-13-10(14)6-15-11)8-2-4-9(12)5-3-8/h2-5H,6-7H2,1H3,(H,13,14). The van der Waals surface area contributed by atoms with Gasteiger partial charge in [-0.2, -0.15) is 0 Å². The Hall–Kier alpha value is -1.06. The average Bonchev–Trinajstić information content (AvgIpc) is 2.24. The van der Waals surface area contributed by atoms with Gasteiger partial charge in [-0.25, -0.2) is 0 Å². The monoisotopic (exact) mass is 225 g/mol. The Bertz CT molecular complexity index is 365. The van der Waals surface area contributed by atoms with Crippen LogP contribution in [-0.2, 0) is 15.1 Å². The van der Waals surface area contributed by atoms with Gasteiger partial charge in [0.25, 0.3) is 0 Å². The SMILES string of the molecule is CC1(c2ccc(Cl)cc2)CNC(=O)CO1. The molecule has 0 aliphatic carbocycles. The Morgan fingerprint density at radius 1 is 1.40 bits per heavy atom. The zero-order chi connectivity index (χ0) is 10.9. The molecular formula is C11H12ClNO2. The van der Waals surface area contributed by atoms with Crippen molar-refractivity contribution >= 4 is 17.5 Å². The van der Waals surface area contributed by atoms with Gasteiger partial charge < -0.3 is 10.1 Å². The van der Waals surface area contributed by atoms with E-state index < -0.39 is 5.60 Å². The molecule has 1 amide bonds. The van der Waals surface area contributed by atoms with E-state index in [-0.39, 0.29) is 12.5 Å². The fraction of sp³-hybridized carbons (Fsp3) is 0.364. The van der Waals surface area contributed by atoms with E-state index >= 15 is 0 Å². The number of hydrogen-bond acceptors (Lipinski definition) is 2. The summed E-state index contributed by atoms with van der Waals surface area (Å²) < 4.78 is 5.55. The van der Waals surface area contributed by atoms with E-state index in [1.54, 1.807) is 0 Å². The first-order valence-electron chi connectivity index (χ1n) is 4.77. The summed E-state index contributed by atoms with van der Waals surface area (Å²) in [5.74, 6) is -0.0681. The van der Waals surface area contributed by atoms with Crippen LogP contribution >= 0.6 is 11.6 Å². The Morgan fingerprint density at radius 2 is 2.07 bits per heavy atom. The third kappa shape index (κ3) is 2.13. The van der Waals surface area contributed by atoms with Crippen molar-refractivity contribution in [1.29, 1.82) is 0 Å². The van der Waals surface area contributed by atoms with Crippen molar-refractivity contribution in [2.45, 2.75) is 12.5 Å². The number of carbonyl (C=O) groups excluding carboxylic acids is 1. The minimum Gasteiger partial charge on any atom is -0.359 e. The normalized spacial score (nSPS) is 26.1. The van der Waals surface area contributed by atoms with Crippen LogP contribution < -0.4 is 5.32 Å². The van der Waals surface area contributed by atoms with Crippen LogP contribution in [0.15, 0.2) is 24.3 Å². The van der Waals surface area contributed by atoms with Gasteiger partial charge in [-0.1, -0.05) is 23.7 Å². The van der Waals surface area contributed by atoms with Crippen molar-refractivity contribution in [3.05, 3.63) is 34.9 Å². The third-order valence-electron chi connectivity index (χ3n) is 2.60. The predicted octanol–water partition coefficient (Wildman–Crippen LogP) is 1.70. The summed E-state index contributed by atoms with van der Waals surface area (Å²) in [6.45, 7) is 2.56. The van der Waals surface area contributed by atoms with E-state index in [1.165, 1.54) is 0 Å². The van der Waals surface area contributed by atoms with Crippen LogP contribution in [0.4, 0.5) is 0 Å². The second kappa shape index (κ2) is 3.83. The highest BCUT2D eigenvalue weighted by Crippen LogP contribution is 2.27. The van der Waals surface area contributed by atoms with Gasteiger partial charge in [0.2, 0.25) is 5.91 Å². The molecule has 2 rings (SSSR count). The van der Waals surface area contributed by atoms with Crippen LogP contribution in [-0.4, -0.2) is 19.1 Å². The van der Waals surface area contributed by atoms with Crippen molar-refractivity contribution in [3.63, 3.8) is 0 Å². The molecule has 0 bridgehead atoms. The first kappa shape index (κ1) is 10.5. The number of amides is 1. The van der Waals surface area contributed by atoms with Crippen LogP contribution in [0, 0.1) is 0 Å². The second-order valence-electron chi connectivity index (χ2n) is 3.80. The van der Waals surface area contributed by atoms with Crippen LogP contribution in [0.3, 0.4) is 0 Å². The number of morpholine rings is 1. The van der Waals surface area contributed by atoms with Crippen LogP contribution in [0.5, 0.6) is 0 Å². The predicted molar refractivity (Wildman–Crippen MR) is 57.8 cm³/mol. The number of rotatable bonds is 1. The minimum absolute atomic E-state index is 0.0681. The van der Waals surface area contributed by atoms with Crippen LogP contribution in [0.1, 0.15) is 12.5 Å². The molecule has 3 nitrogen and oxygen atoms in total. The van der Waals surface area contributed by atoms with Gasteiger partial charge in [0, 0.05) is 5.02 Å². The fourth-order valence-corrected chi connectivity index (χ4v) is 1.71. The summed E-state index contributed by atoms with van der Waals surface area (Å²) in [6.07, 6.45) is 0. The quantitative estimate of drug-likeness (QED) is 0.790. The zero-order valence-corrected chi connectivity index (χ0v) is 9.17. The molecule has 1 aliphatic rings. The third-order valence-corrected chi connectivity index (χ3v) is 2.85. The summed E-state index contributed by atoms with van der Waals surface area (Å²) in [7, 11) is 0. The molecule has 1 aromatic rings. The van der Waals surface area contributed by atoms with Gasteiger partial charge in [0.05, 0.1) is 6.54 Å². The fourth-order valence-electron chi connectivity index (χ4n) is 1.58. The largest absolute Gasteiger partial charge is 0.359 e. The van der Waals surface area contributed by atoms with E-state index in [1.807, 2.05) is 31.2 Å². The lowest BCUT2D eigenvalue weighted by Crippen LogP contribution is -2.48. The highest BCUT2D eigenvalue weighted by atomic mass is 35.5. The van der Waals surface area contributed by atoms with Crippen molar-refractivity contribution in [2.75, 3.05) is 13.2 Å². The molecule has 1 saturated heterocycles. The smallest absolute Gasteiger partial charge is 0.246 e. The molecule has 0 radical (unpaired) electrons. The van der Waals surface area contributed by atoms with Crippen molar-refractivity contribution in [1.82, 2.24) is 5.32 Å². The van der Waals surface area contributed by atoms with Gasteiger partial charge in [0.15, 0.2) is 0 Å². The first-order chi connectivity index (χ1) is 7.10. The number of benzene rings is 1. The topological polar surface area (TPSA) is 38.3 Å². The van der Waals surface area contributed by atoms with E-state index in [0.717, 1.165) is 5.56 Å². The lowest BCUT2D eigenvalue weighted by Gasteiger charge is -2.34. The Morgan fingerprint density at radius 3 is 2.60 bits per heavy atom. The summed E-state index contributed by atoms with van der Waals surface area (Å²) in [6, 6.07) is 7.48. The zero-order valence-electron chi connectivity index (χ0n) is 8.42. The van der Waals surface area contributed by atoms with Gasteiger partial charge in [-0.3, -0.25) is 4.79 Å². The molecule has 0 spiro atoms. The lowest BCUT2D eigenvalue weighted by molar-refractivity contribution is -0.142. The molecule has 1 fully saturated rings. The van der Waals surface area contributed by atoms with Crippen molar-refractivity contribution in [2.24, 2.45) is 0 Å². The molecule has 15 heavy (non-hydrogen) atoms. The maximum Gasteiger partial charge on any atom is 0.246 e. The van der Waals surface area contributed by atoms with E-state index in [2.05, 4.69) is 5.32 Å². The Labute approximate surface area is 93.4 Å². The molecule has 1 unspecified atom stereocenters. The van der Waals surface area contributed by atoms with Gasteiger partial charge in [-0.05, 0) is 24.6 Å². The van der Waals surface area contributed by atoms with Gasteiger partial charge in [-0.15, -0.1) is 0 Å². The van der Waals surface area contributed by atoms with Crippen LogP contribution in [0.2, 0.25) is 5.02 Å². The molecule has 4 heteroatoms. The summed E-state index contributed by atoms with van der Waals surface area (Å²) >= 11 is 5.81. The van der Waals surface area contributed by atoms with E-state index in [9.17, 15) is 4.79 Å². The Kier molecular flexibility index (Phi) is 2.67. The van der Waals surface area contributed by atoms with Gasteiger partial charge in [0.1, 0.15) is 12.2 Å². The minimum atomic E-state index is -0.446. The summed E-state index contributed by atoms with van der Waals surface area (Å²) in [4.78, 5) is 11.0.